The van der Waals surface area contributed by atoms with E-state index in [-0.39, 0.29) is 5.91 Å². The third-order valence-electron chi connectivity index (χ3n) is 0.880. The lowest BCUT2D eigenvalue weighted by atomic mass is 10.5. The predicted octanol–water partition coefficient (Wildman–Crippen LogP) is -0.764. The Kier molecular flexibility index (Phi) is 5.39. The Morgan fingerprint density at radius 2 is 2.30 bits per heavy atom. The summed E-state index contributed by atoms with van der Waals surface area (Å²) >= 11 is 0. The average Bonchev–Trinajstić information content (AvgIpc) is 1.87. The van der Waals surface area contributed by atoms with Gasteiger partial charge in [-0.2, -0.15) is 5.26 Å². The van der Waals surface area contributed by atoms with Gasteiger partial charge in [0, 0.05) is 20.0 Å². The van der Waals surface area contributed by atoms with E-state index in [1.54, 1.807) is 0 Å². The molecule has 4 heteroatoms. The van der Waals surface area contributed by atoms with Crippen molar-refractivity contribution in [3.8, 4) is 6.07 Å². The molecule has 0 saturated heterocycles. The third-order valence-corrected chi connectivity index (χ3v) is 0.880. The van der Waals surface area contributed by atoms with Crippen molar-refractivity contribution in [3.05, 3.63) is 0 Å². The number of hydrogen-bond acceptors (Lipinski definition) is 3. The van der Waals surface area contributed by atoms with Crippen molar-refractivity contribution in [1.29, 1.82) is 5.26 Å². The molecule has 0 radical (unpaired) electrons. The van der Waals surface area contributed by atoms with Crippen molar-refractivity contribution < 1.29 is 4.79 Å². The van der Waals surface area contributed by atoms with Crippen LogP contribution in [-0.4, -0.2) is 25.5 Å². The summed E-state index contributed by atoms with van der Waals surface area (Å²) in [6, 6.07) is 1.93. The van der Waals surface area contributed by atoms with Crippen LogP contribution in [-0.2, 0) is 4.79 Å². The number of carbonyl (C=O) groups is 1. The zero-order valence-corrected chi connectivity index (χ0v) is 5.98. The molecule has 0 unspecified atom stereocenters. The van der Waals surface area contributed by atoms with Crippen LogP contribution in [0, 0.1) is 11.3 Å². The largest absolute Gasteiger partial charge is 0.355 e. The smallest absolute Gasteiger partial charge is 0.216 e. The normalized spacial score (nSPS) is 8.40. The fourth-order valence-electron chi connectivity index (χ4n) is 0.471. The van der Waals surface area contributed by atoms with Gasteiger partial charge < -0.3 is 10.6 Å². The number of nitrogens with one attached hydrogen (secondary N) is 2. The van der Waals surface area contributed by atoms with Crippen LogP contribution in [0.25, 0.3) is 0 Å². The highest BCUT2D eigenvalue weighted by Gasteiger charge is 1.87. The van der Waals surface area contributed by atoms with Crippen molar-refractivity contribution in [1.82, 2.24) is 10.6 Å². The Morgan fingerprint density at radius 3 is 2.80 bits per heavy atom. The van der Waals surface area contributed by atoms with E-state index in [2.05, 4.69) is 10.6 Å². The SMILES string of the molecule is CC(=O)NCCNCC#N. The standard InChI is InChI=1S/C6H11N3O/c1-6(10)9-5-4-8-3-2-7/h8H,3-5H2,1H3,(H,9,10). The van der Waals surface area contributed by atoms with Crippen molar-refractivity contribution in [2.75, 3.05) is 19.6 Å². The molecule has 0 rings (SSSR count). The summed E-state index contributed by atoms with van der Waals surface area (Å²) in [5.41, 5.74) is 0. The van der Waals surface area contributed by atoms with Gasteiger partial charge in [-0.05, 0) is 0 Å². The van der Waals surface area contributed by atoms with E-state index in [4.69, 9.17) is 5.26 Å². The van der Waals surface area contributed by atoms with Crippen LogP contribution in [0.4, 0.5) is 0 Å². The molecular formula is C6H11N3O. The van der Waals surface area contributed by atoms with Crippen molar-refractivity contribution in [2.24, 2.45) is 0 Å². The minimum absolute atomic E-state index is 0.0428. The molecule has 0 bridgehead atoms. The van der Waals surface area contributed by atoms with E-state index in [1.165, 1.54) is 6.92 Å². The van der Waals surface area contributed by atoms with E-state index in [9.17, 15) is 4.79 Å². The first-order valence-corrected chi connectivity index (χ1v) is 3.09. The van der Waals surface area contributed by atoms with Gasteiger partial charge in [0.25, 0.3) is 0 Å². The Labute approximate surface area is 60.2 Å². The third kappa shape index (κ3) is 6.92. The van der Waals surface area contributed by atoms with Gasteiger partial charge in [-0.1, -0.05) is 0 Å². The van der Waals surface area contributed by atoms with Crippen LogP contribution in [0.5, 0.6) is 0 Å². The van der Waals surface area contributed by atoms with Gasteiger partial charge >= 0.3 is 0 Å². The van der Waals surface area contributed by atoms with E-state index in [0.717, 1.165) is 0 Å². The highest BCUT2D eigenvalue weighted by molar-refractivity contribution is 5.72. The van der Waals surface area contributed by atoms with Gasteiger partial charge in [0.1, 0.15) is 0 Å². The lowest BCUT2D eigenvalue weighted by Crippen LogP contribution is -2.30. The fourth-order valence-corrected chi connectivity index (χ4v) is 0.471. The van der Waals surface area contributed by atoms with Gasteiger partial charge in [0.2, 0.25) is 5.91 Å². The Morgan fingerprint density at radius 1 is 1.60 bits per heavy atom. The quantitative estimate of drug-likeness (QED) is 0.399. The number of carbonyl (C=O) groups excluding carboxylic acids is 1. The first kappa shape index (κ1) is 8.92. The molecule has 0 aromatic rings. The number of rotatable bonds is 4. The summed E-state index contributed by atoms with van der Waals surface area (Å²) < 4.78 is 0. The Hall–Kier alpha value is -1.08. The lowest BCUT2D eigenvalue weighted by Gasteiger charge is -1.99. The van der Waals surface area contributed by atoms with Crippen LogP contribution in [0.15, 0.2) is 0 Å². The van der Waals surface area contributed by atoms with Crippen LogP contribution in [0.2, 0.25) is 0 Å². The monoisotopic (exact) mass is 141 g/mol. The molecule has 0 heterocycles. The molecule has 4 nitrogen and oxygen atoms in total. The summed E-state index contributed by atoms with van der Waals surface area (Å²) in [5, 5.41) is 13.5. The minimum atomic E-state index is -0.0428. The summed E-state index contributed by atoms with van der Waals surface area (Å²) in [6.45, 7) is 3.02. The van der Waals surface area contributed by atoms with Crippen LogP contribution < -0.4 is 10.6 Å². The lowest BCUT2D eigenvalue weighted by molar-refractivity contribution is -0.118. The summed E-state index contributed by atoms with van der Waals surface area (Å²) in [4.78, 5) is 10.3. The molecule has 0 saturated carbocycles. The van der Waals surface area contributed by atoms with E-state index in [1.807, 2.05) is 6.07 Å². The molecule has 0 fully saturated rings. The Balaban J connectivity index is 2.92. The van der Waals surface area contributed by atoms with Gasteiger partial charge in [0.15, 0.2) is 0 Å². The minimum Gasteiger partial charge on any atom is -0.355 e. The van der Waals surface area contributed by atoms with Gasteiger partial charge in [-0.15, -0.1) is 0 Å². The molecule has 2 N–H and O–H groups in total. The highest BCUT2D eigenvalue weighted by Crippen LogP contribution is 1.60. The molecule has 1 amide bonds. The van der Waals surface area contributed by atoms with Crippen LogP contribution >= 0.6 is 0 Å². The predicted molar refractivity (Wildman–Crippen MR) is 37.2 cm³/mol. The van der Waals surface area contributed by atoms with Crippen molar-refractivity contribution in [2.45, 2.75) is 6.92 Å². The maximum absolute atomic E-state index is 10.3. The molecule has 0 aliphatic heterocycles. The first-order chi connectivity index (χ1) is 4.77. The van der Waals surface area contributed by atoms with Crippen molar-refractivity contribution >= 4 is 5.91 Å². The maximum atomic E-state index is 10.3. The van der Waals surface area contributed by atoms with Crippen LogP contribution in [0.1, 0.15) is 6.92 Å². The zero-order chi connectivity index (χ0) is 7.82. The molecule has 10 heavy (non-hydrogen) atoms. The van der Waals surface area contributed by atoms with E-state index in [0.29, 0.717) is 19.6 Å². The summed E-state index contributed by atoms with van der Waals surface area (Å²) in [5.74, 6) is -0.0428. The van der Waals surface area contributed by atoms with Crippen LogP contribution in [0.3, 0.4) is 0 Å². The molecule has 0 spiro atoms. The molecule has 0 aliphatic rings. The summed E-state index contributed by atoms with van der Waals surface area (Å²) in [6.07, 6.45) is 0. The number of hydrogen-bond donors (Lipinski definition) is 2. The van der Waals surface area contributed by atoms with Gasteiger partial charge in [-0.25, -0.2) is 0 Å². The second-order valence-electron chi connectivity index (χ2n) is 1.82. The highest BCUT2D eigenvalue weighted by atomic mass is 16.1. The summed E-state index contributed by atoms with van der Waals surface area (Å²) in [7, 11) is 0. The Bertz CT molecular complexity index is 138. The fraction of sp³-hybridized carbons (Fsp3) is 0.667. The topological polar surface area (TPSA) is 64.9 Å². The first-order valence-electron chi connectivity index (χ1n) is 3.09. The maximum Gasteiger partial charge on any atom is 0.216 e. The molecule has 56 valence electrons. The molecule has 0 aromatic carbocycles. The van der Waals surface area contributed by atoms with Gasteiger partial charge in [0.05, 0.1) is 12.6 Å². The molecule has 0 aliphatic carbocycles. The second kappa shape index (κ2) is 6.05. The number of nitriles is 1. The van der Waals surface area contributed by atoms with E-state index < -0.39 is 0 Å². The van der Waals surface area contributed by atoms with Gasteiger partial charge in [-0.3, -0.25) is 4.79 Å². The average molecular weight is 141 g/mol. The molecule has 0 atom stereocenters. The van der Waals surface area contributed by atoms with Crippen molar-refractivity contribution in [3.63, 3.8) is 0 Å². The zero-order valence-electron chi connectivity index (χ0n) is 5.98. The van der Waals surface area contributed by atoms with E-state index >= 15 is 0 Å². The number of amides is 1. The molecular weight excluding hydrogens is 130 g/mol. The molecule has 0 aromatic heterocycles. The number of nitrogens with zero attached hydrogens (tertiary/aromatic N) is 1. The second-order valence-corrected chi connectivity index (χ2v) is 1.82.